The van der Waals surface area contributed by atoms with E-state index in [2.05, 4.69) is 15.5 Å². The Balaban J connectivity index is 1.58. The maximum absolute atomic E-state index is 13.0. The molecule has 0 spiro atoms. The van der Waals surface area contributed by atoms with Crippen LogP contribution in [-0.2, 0) is 14.6 Å². The van der Waals surface area contributed by atoms with Crippen molar-refractivity contribution in [2.75, 3.05) is 5.75 Å². The molecule has 0 saturated carbocycles. The third-order valence-electron chi connectivity index (χ3n) is 4.06. The van der Waals surface area contributed by atoms with Gasteiger partial charge in [0.25, 0.3) is 0 Å². The number of rotatable bonds is 7. The van der Waals surface area contributed by atoms with E-state index in [0.29, 0.717) is 10.6 Å². The summed E-state index contributed by atoms with van der Waals surface area (Å²) in [5, 5.41) is 6.86. The molecule has 1 N–H and O–H groups in total. The summed E-state index contributed by atoms with van der Waals surface area (Å²) in [6, 6.07) is 10.7. The van der Waals surface area contributed by atoms with Crippen molar-refractivity contribution in [3.63, 3.8) is 0 Å². The van der Waals surface area contributed by atoms with Gasteiger partial charge in [-0.2, -0.15) is 4.98 Å². The minimum Gasteiger partial charge on any atom is -0.345 e. The zero-order valence-corrected chi connectivity index (χ0v) is 16.9. The Bertz CT molecular complexity index is 1100. The van der Waals surface area contributed by atoms with E-state index in [9.17, 15) is 17.6 Å². The van der Waals surface area contributed by atoms with Crippen molar-refractivity contribution in [1.82, 2.24) is 15.5 Å². The van der Waals surface area contributed by atoms with Gasteiger partial charge in [-0.15, -0.1) is 0 Å². The molecule has 29 heavy (non-hydrogen) atoms. The Labute approximate surface area is 171 Å². The summed E-state index contributed by atoms with van der Waals surface area (Å²) in [6.45, 7) is 1.63. The Kier molecular flexibility index (Phi) is 6.29. The van der Waals surface area contributed by atoms with E-state index in [1.807, 2.05) is 0 Å². The van der Waals surface area contributed by atoms with E-state index in [4.69, 9.17) is 16.1 Å². The van der Waals surface area contributed by atoms with Crippen molar-refractivity contribution in [3.8, 4) is 11.4 Å². The van der Waals surface area contributed by atoms with Crippen LogP contribution in [0, 0.1) is 5.82 Å². The normalized spacial score (nSPS) is 12.5. The third-order valence-corrected chi connectivity index (χ3v) is 6.05. The van der Waals surface area contributed by atoms with Gasteiger partial charge in [-0.3, -0.25) is 4.79 Å². The maximum atomic E-state index is 13.0. The number of amides is 1. The van der Waals surface area contributed by atoms with Gasteiger partial charge in [0.05, 0.1) is 10.6 Å². The molecule has 3 rings (SSSR count). The van der Waals surface area contributed by atoms with Crippen LogP contribution in [0.5, 0.6) is 0 Å². The number of benzene rings is 2. The molecule has 0 bridgehead atoms. The summed E-state index contributed by atoms with van der Waals surface area (Å²) in [4.78, 5) is 16.4. The Morgan fingerprint density at radius 2 is 1.83 bits per heavy atom. The first kappa shape index (κ1) is 20.9. The number of hydrogen-bond donors (Lipinski definition) is 1. The molecule has 0 aliphatic rings. The van der Waals surface area contributed by atoms with Crippen LogP contribution in [0.1, 0.15) is 25.3 Å². The van der Waals surface area contributed by atoms with Gasteiger partial charge >= 0.3 is 0 Å². The number of nitrogens with one attached hydrogen (secondary N) is 1. The molecule has 1 heterocycles. The first-order valence-corrected chi connectivity index (χ1v) is 10.6. The first-order valence-electron chi connectivity index (χ1n) is 8.62. The zero-order valence-electron chi connectivity index (χ0n) is 15.3. The Morgan fingerprint density at radius 3 is 2.48 bits per heavy atom. The van der Waals surface area contributed by atoms with Gasteiger partial charge in [0.2, 0.25) is 17.6 Å². The average Bonchev–Trinajstić information content (AvgIpc) is 3.18. The second-order valence-electron chi connectivity index (χ2n) is 6.28. The van der Waals surface area contributed by atoms with E-state index in [-0.39, 0.29) is 34.6 Å². The van der Waals surface area contributed by atoms with Crippen LogP contribution in [0.25, 0.3) is 11.4 Å². The van der Waals surface area contributed by atoms with Gasteiger partial charge < -0.3 is 9.84 Å². The highest BCUT2D eigenvalue weighted by Crippen LogP contribution is 2.19. The molecule has 1 atom stereocenters. The van der Waals surface area contributed by atoms with Gasteiger partial charge in [-0.25, -0.2) is 12.8 Å². The molecule has 0 aliphatic heterocycles. The first-order chi connectivity index (χ1) is 13.7. The molecule has 0 aliphatic carbocycles. The lowest BCUT2D eigenvalue weighted by Gasteiger charge is -2.10. The maximum Gasteiger partial charge on any atom is 0.249 e. The second-order valence-corrected chi connectivity index (χ2v) is 8.82. The predicted molar refractivity (Wildman–Crippen MR) is 104 cm³/mol. The predicted octanol–water partition coefficient (Wildman–Crippen LogP) is 3.57. The summed E-state index contributed by atoms with van der Waals surface area (Å²) in [7, 11) is -3.61. The molecule has 10 heteroatoms. The van der Waals surface area contributed by atoms with Gasteiger partial charge in [0.1, 0.15) is 11.9 Å². The van der Waals surface area contributed by atoms with Crippen molar-refractivity contribution in [3.05, 3.63) is 65.3 Å². The van der Waals surface area contributed by atoms with Gasteiger partial charge in [0, 0.05) is 17.0 Å². The molecule has 1 amide bonds. The fourth-order valence-corrected chi connectivity index (χ4v) is 3.86. The Morgan fingerprint density at radius 1 is 1.17 bits per heavy atom. The molecular weight excluding hydrogens is 421 g/mol. The summed E-state index contributed by atoms with van der Waals surface area (Å²) in [5.41, 5.74) is 0.564. The number of carbonyl (C=O) groups is 1. The summed E-state index contributed by atoms with van der Waals surface area (Å²) in [6.07, 6.45) is -0.228. The molecular formula is C19H17ClFN3O4S. The minimum absolute atomic E-state index is 0.101. The highest BCUT2D eigenvalue weighted by atomic mass is 35.5. The molecule has 3 aromatic rings. The summed E-state index contributed by atoms with van der Waals surface area (Å²) >= 11 is 5.76. The molecule has 2 aromatic carbocycles. The molecule has 0 fully saturated rings. The van der Waals surface area contributed by atoms with Crippen molar-refractivity contribution in [1.29, 1.82) is 0 Å². The van der Waals surface area contributed by atoms with Gasteiger partial charge in [0.15, 0.2) is 9.84 Å². The van der Waals surface area contributed by atoms with Crippen LogP contribution in [0.3, 0.4) is 0 Å². The minimum atomic E-state index is -3.61. The van der Waals surface area contributed by atoms with Crippen LogP contribution < -0.4 is 5.32 Å². The standard InChI is InChI=1S/C19H17ClFN3O4S/c1-12(19-23-18(24-28-19)13-2-6-15(21)7-3-13)22-17(25)10-11-29(26,27)16-8-4-14(20)5-9-16/h2-9,12H,10-11H2,1H3,(H,22,25). The number of carbonyl (C=O) groups excluding carboxylic acids is 1. The van der Waals surface area contributed by atoms with Gasteiger partial charge in [-0.05, 0) is 55.5 Å². The largest absolute Gasteiger partial charge is 0.345 e. The van der Waals surface area contributed by atoms with E-state index >= 15 is 0 Å². The summed E-state index contributed by atoms with van der Waals surface area (Å²) < 4.78 is 42.7. The fourth-order valence-electron chi connectivity index (χ4n) is 2.49. The summed E-state index contributed by atoms with van der Waals surface area (Å²) in [5.74, 6) is -0.800. The zero-order chi connectivity index (χ0) is 21.0. The number of aromatic nitrogens is 2. The van der Waals surface area contributed by atoms with Crippen molar-refractivity contribution >= 4 is 27.3 Å². The molecule has 1 aromatic heterocycles. The van der Waals surface area contributed by atoms with E-state index in [0.717, 1.165) is 0 Å². The lowest BCUT2D eigenvalue weighted by Crippen LogP contribution is -2.28. The fraction of sp³-hybridized carbons (Fsp3) is 0.211. The average molecular weight is 438 g/mol. The lowest BCUT2D eigenvalue weighted by atomic mass is 10.2. The number of sulfone groups is 1. The molecule has 0 radical (unpaired) electrons. The number of halogens is 2. The van der Waals surface area contributed by atoms with Crippen LogP contribution in [0.15, 0.2) is 57.9 Å². The smallest absolute Gasteiger partial charge is 0.249 e. The highest BCUT2D eigenvalue weighted by Gasteiger charge is 2.20. The topological polar surface area (TPSA) is 102 Å². The monoisotopic (exact) mass is 437 g/mol. The van der Waals surface area contributed by atoms with Crippen molar-refractivity contribution in [2.45, 2.75) is 24.3 Å². The molecule has 7 nitrogen and oxygen atoms in total. The Hall–Kier alpha value is -2.78. The van der Waals surface area contributed by atoms with Crippen LogP contribution >= 0.6 is 11.6 Å². The van der Waals surface area contributed by atoms with Crippen LogP contribution in [-0.4, -0.2) is 30.2 Å². The van der Waals surface area contributed by atoms with E-state index < -0.39 is 21.8 Å². The van der Waals surface area contributed by atoms with E-state index in [1.165, 1.54) is 48.5 Å². The van der Waals surface area contributed by atoms with Gasteiger partial charge in [-0.1, -0.05) is 16.8 Å². The van der Waals surface area contributed by atoms with Crippen molar-refractivity contribution < 1.29 is 22.1 Å². The lowest BCUT2D eigenvalue weighted by molar-refractivity contribution is -0.121. The van der Waals surface area contributed by atoms with Crippen LogP contribution in [0.2, 0.25) is 5.02 Å². The third kappa shape index (κ3) is 5.39. The molecule has 1 unspecified atom stereocenters. The quantitative estimate of drug-likeness (QED) is 0.606. The second kappa shape index (κ2) is 8.71. The van der Waals surface area contributed by atoms with E-state index in [1.54, 1.807) is 6.92 Å². The SMILES string of the molecule is CC(NC(=O)CCS(=O)(=O)c1ccc(Cl)cc1)c1nc(-c2ccc(F)cc2)no1. The molecule has 0 saturated heterocycles. The highest BCUT2D eigenvalue weighted by molar-refractivity contribution is 7.91. The van der Waals surface area contributed by atoms with Crippen LogP contribution in [0.4, 0.5) is 4.39 Å². The van der Waals surface area contributed by atoms with Crippen molar-refractivity contribution in [2.24, 2.45) is 0 Å². The number of nitrogens with zero attached hydrogens (tertiary/aromatic N) is 2. The number of hydrogen-bond acceptors (Lipinski definition) is 6. The molecule has 152 valence electrons.